The molecular formula is C17H19N5O2. The molecule has 2 N–H and O–H groups in total. The molecular weight excluding hydrogens is 306 g/mol. The van der Waals surface area contributed by atoms with E-state index in [0.717, 1.165) is 41.9 Å². The molecule has 3 aromatic rings. The molecule has 7 nitrogen and oxygen atoms in total. The zero-order valence-corrected chi connectivity index (χ0v) is 13.7. The van der Waals surface area contributed by atoms with Gasteiger partial charge in [0.15, 0.2) is 5.82 Å². The number of rotatable bonds is 3. The van der Waals surface area contributed by atoms with Crippen molar-refractivity contribution in [2.24, 2.45) is 0 Å². The molecule has 0 saturated carbocycles. The Balaban J connectivity index is 1.65. The lowest BCUT2D eigenvalue weighted by atomic mass is 10.2. The first-order chi connectivity index (χ1) is 11.7. The number of methoxy groups -OCH3 is 1. The number of hydrogen-bond donors (Lipinski definition) is 2. The van der Waals surface area contributed by atoms with Crippen molar-refractivity contribution >= 4 is 16.8 Å². The fourth-order valence-corrected chi connectivity index (χ4v) is 3.29. The van der Waals surface area contributed by atoms with E-state index in [4.69, 9.17) is 4.74 Å². The summed E-state index contributed by atoms with van der Waals surface area (Å²) in [4.78, 5) is 22.4. The number of fused-ring (bicyclic) bond motifs is 1. The average molecular weight is 325 g/mol. The predicted octanol–water partition coefficient (Wildman–Crippen LogP) is 2.58. The number of carbonyl (C=O) groups excluding carboxylic acids is 1. The minimum Gasteiger partial charge on any atom is -0.497 e. The van der Waals surface area contributed by atoms with Gasteiger partial charge in [-0.2, -0.15) is 5.10 Å². The smallest absolute Gasteiger partial charge is 0.270 e. The molecule has 1 aliphatic heterocycles. The Labute approximate surface area is 139 Å². The van der Waals surface area contributed by atoms with Gasteiger partial charge in [0.2, 0.25) is 0 Å². The molecule has 1 fully saturated rings. The van der Waals surface area contributed by atoms with E-state index < -0.39 is 0 Å². The van der Waals surface area contributed by atoms with E-state index in [0.29, 0.717) is 11.5 Å². The van der Waals surface area contributed by atoms with Gasteiger partial charge in [0.25, 0.3) is 5.91 Å². The number of nitrogens with one attached hydrogen (secondary N) is 2. The van der Waals surface area contributed by atoms with E-state index in [1.165, 1.54) is 0 Å². The quantitative estimate of drug-likeness (QED) is 0.775. The highest BCUT2D eigenvalue weighted by Crippen LogP contribution is 2.32. The Kier molecular flexibility index (Phi) is 3.48. The van der Waals surface area contributed by atoms with Crippen LogP contribution in [0, 0.1) is 6.92 Å². The Hall–Kier alpha value is -2.83. The number of aromatic nitrogens is 4. The zero-order chi connectivity index (χ0) is 16.7. The van der Waals surface area contributed by atoms with E-state index in [1.807, 2.05) is 36.1 Å². The number of amides is 1. The second-order valence-electron chi connectivity index (χ2n) is 6.07. The van der Waals surface area contributed by atoms with Crippen molar-refractivity contribution in [3.05, 3.63) is 41.6 Å². The summed E-state index contributed by atoms with van der Waals surface area (Å²) in [7, 11) is 1.63. The largest absolute Gasteiger partial charge is 0.497 e. The van der Waals surface area contributed by atoms with Gasteiger partial charge < -0.3 is 14.6 Å². The minimum absolute atomic E-state index is 0.0184. The van der Waals surface area contributed by atoms with Gasteiger partial charge in [-0.15, -0.1) is 0 Å². The fraction of sp³-hybridized carbons (Fsp3) is 0.353. The summed E-state index contributed by atoms with van der Waals surface area (Å²) in [6.45, 7) is 2.58. The normalized spacial score (nSPS) is 17.6. The third-order valence-electron chi connectivity index (χ3n) is 4.48. The number of ether oxygens (including phenoxy) is 1. The van der Waals surface area contributed by atoms with Gasteiger partial charge >= 0.3 is 0 Å². The number of likely N-dealkylation sites (tertiary alicyclic amines) is 1. The van der Waals surface area contributed by atoms with Crippen molar-refractivity contribution in [1.82, 2.24) is 25.1 Å². The van der Waals surface area contributed by atoms with Crippen LogP contribution in [0.15, 0.2) is 24.3 Å². The maximum absolute atomic E-state index is 13.0. The molecule has 24 heavy (non-hydrogen) atoms. The number of nitrogens with zero attached hydrogens (tertiary/aromatic N) is 3. The average Bonchev–Trinajstić information content (AvgIpc) is 3.31. The molecule has 0 bridgehead atoms. The highest BCUT2D eigenvalue weighted by atomic mass is 16.5. The molecule has 1 aromatic carbocycles. The standard InChI is InChI=1S/C17H19N5O2/c1-10-18-16(21-20-10)15-4-3-7-22(15)17(23)14-9-11-8-12(24-2)5-6-13(11)19-14/h5-6,8-9,15,19H,3-4,7H2,1-2H3,(H,18,20,21). The second-order valence-corrected chi connectivity index (χ2v) is 6.07. The molecule has 2 aromatic heterocycles. The summed E-state index contributed by atoms with van der Waals surface area (Å²) < 4.78 is 5.24. The van der Waals surface area contributed by atoms with Crippen molar-refractivity contribution in [3.8, 4) is 5.75 Å². The number of benzene rings is 1. The minimum atomic E-state index is -0.0663. The van der Waals surface area contributed by atoms with Gasteiger partial charge in [0, 0.05) is 17.4 Å². The molecule has 1 atom stereocenters. The summed E-state index contributed by atoms with van der Waals surface area (Å²) in [5.41, 5.74) is 1.50. The molecule has 0 spiro atoms. The molecule has 0 radical (unpaired) electrons. The molecule has 7 heteroatoms. The lowest BCUT2D eigenvalue weighted by Gasteiger charge is -2.21. The summed E-state index contributed by atoms with van der Waals surface area (Å²) in [5.74, 6) is 2.21. The first-order valence-electron chi connectivity index (χ1n) is 8.02. The van der Waals surface area contributed by atoms with Crippen LogP contribution in [0.3, 0.4) is 0 Å². The molecule has 1 unspecified atom stereocenters. The monoisotopic (exact) mass is 325 g/mol. The number of H-pyrrole nitrogens is 2. The lowest BCUT2D eigenvalue weighted by molar-refractivity contribution is 0.0725. The van der Waals surface area contributed by atoms with Crippen LogP contribution in [0.1, 0.15) is 41.0 Å². The summed E-state index contributed by atoms with van der Waals surface area (Å²) in [6.07, 6.45) is 1.84. The van der Waals surface area contributed by atoms with Crippen LogP contribution >= 0.6 is 0 Å². The molecule has 124 valence electrons. The second kappa shape index (κ2) is 5.67. The van der Waals surface area contributed by atoms with Crippen LogP contribution in [0.2, 0.25) is 0 Å². The van der Waals surface area contributed by atoms with E-state index in [-0.39, 0.29) is 11.9 Å². The SMILES string of the molecule is COc1ccc2[nH]c(C(=O)N3CCCC3c3n[nH]c(C)n3)cc2c1. The van der Waals surface area contributed by atoms with Gasteiger partial charge in [-0.1, -0.05) is 0 Å². The van der Waals surface area contributed by atoms with Crippen molar-refractivity contribution in [3.63, 3.8) is 0 Å². The Bertz CT molecular complexity index is 897. The van der Waals surface area contributed by atoms with Crippen molar-refractivity contribution in [2.75, 3.05) is 13.7 Å². The summed E-state index contributed by atoms with van der Waals surface area (Å²) >= 11 is 0. The van der Waals surface area contributed by atoms with Gasteiger partial charge in [-0.3, -0.25) is 9.89 Å². The highest BCUT2D eigenvalue weighted by molar-refractivity contribution is 5.98. The van der Waals surface area contributed by atoms with E-state index in [2.05, 4.69) is 20.2 Å². The van der Waals surface area contributed by atoms with Crippen molar-refractivity contribution in [1.29, 1.82) is 0 Å². The predicted molar refractivity (Wildman–Crippen MR) is 89.0 cm³/mol. The third-order valence-corrected chi connectivity index (χ3v) is 4.48. The number of carbonyl (C=O) groups is 1. The maximum atomic E-state index is 13.0. The van der Waals surface area contributed by atoms with Crippen LogP contribution in [0.4, 0.5) is 0 Å². The molecule has 4 rings (SSSR count). The lowest BCUT2D eigenvalue weighted by Crippen LogP contribution is -2.31. The van der Waals surface area contributed by atoms with Gasteiger partial charge in [0.1, 0.15) is 17.3 Å². The molecule has 1 aliphatic rings. The Morgan fingerprint density at radius 1 is 1.38 bits per heavy atom. The summed E-state index contributed by atoms with van der Waals surface area (Å²) in [5, 5.41) is 8.05. The molecule has 0 aliphatic carbocycles. The first-order valence-corrected chi connectivity index (χ1v) is 8.02. The Morgan fingerprint density at radius 2 is 2.25 bits per heavy atom. The van der Waals surface area contributed by atoms with E-state index in [9.17, 15) is 4.79 Å². The van der Waals surface area contributed by atoms with Crippen LogP contribution < -0.4 is 4.74 Å². The third kappa shape index (κ3) is 2.42. The van der Waals surface area contributed by atoms with Gasteiger partial charge in [-0.05, 0) is 44.0 Å². The highest BCUT2D eigenvalue weighted by Gasteiger charge is 2.33. The van der Waals surface area contributed by atoms with Crippen LogP contribution in [0.5, 0.6) is 5.75 Å². The topological polar surface area (TPSA) is 86.9 Å². The maximum Gasteiger partial charge on any atom is 0.270 e. The Morgan fingerprint density at radius 3 is 3.00 bits per heavy atom. The van der Waals surface area contributed by atoms with Crippen LogP contribution in [0.25, 0.3) is 10.9 Å². The van der Waals surface area contributed by atoms with Crippen LogP contribution in [-0.4, -0.2) is 44.6 Å². The van der Waals surface area contributed by atoms with E-state index >= 15 is 0 Å². The molecule has 1 amide bonds. The number of hydrogen-bond acceptors (Lipinski definition) is 4. The zero-order valence-electron chi connectivity index (χ0n) is 13.7. The number of aryl methyl sites for hydroxylation is 1. The summed E-state index contributed by atoms with van der Waals surface area (Å²) in [6, 6.07) is 7.53. The van der Waals surface area contributed by atoms with Crippen LogP contribution in [-0.2, 0) is 0 Å². The molecule has 1 saturated heterocycles. The van der Waals surface area contributed by atoms with E-state index in [1.54, 1.807) is 7.11 Å². The molecule has 3 heterocycles. The van der Waals surface area contributed by atoms with Crippen molar-refractivity contribution in [2.45, 2.75) is 25.8 Å². The van der Waals surface area contributed by atoms with Gasteiger partial charge in [0.05, 0.1) is 13.2 Å². The fourth-order valence-electron chi connectivity index (χ4n) is 3.29. The first kappa shape index (κ1) is 14.7. The number of aromatic amines is 2. The van der Waals surface area contributed by atoms with Crippen molar-refractivity contribution < 1.29 is 9.53 Å². The van der Waals surface area contributed by atoms with Gasteiger partial charge in [-0.25, -0.2) is 4.98 Å².